The zero-order valence-electron chi connectivity index (χ0n) is 17.9. The number of aryl methyl sites for hydroxylation is 2. The lowest BCUT2D eigenvalue weighted by molar-refractivity contribution is -0.113. The first-order valence-electron chi connectivity index (χ1n) is 10.7. The number of hydrogen-bond donors (Lipinski definition) is 1. The van der Waals surface area contributed by atoms with Crippen LogP contribution in [0.4, 0.5) is 5.69 Å². The van der Waals surface area contributed by atoms with Gasteiger partial charge in [0.15, 0.2) is 5.16 Å². The van der Waals surface area contributed by atoms with Crippen molar-refractivity contribution in [2.24, 2.45) is 0 Å². The number of benzene rings is 1. The molecule has 7 heteroatoms. The minimum atomic E-state index is -0.0682. The summed E-state index contributed by atoms with van der Waals surface area (Å²) in [6.45, 7) is 6.14. The lowest BCUT2D eigenvalue weighted by atomic mass is 9.95. The Morgan fingerprint density at radius 2 is 2.03 bits per heavy atom. The number of carbonyl (C=O) groups is 1. The standard InChI is InChI=1S/C23H29N3O2S2/c1-14-9-10-15(2)18(11-14)24-20(27)13-29-23-25-19-12-16(3)30-21(19)22(28)26(23)17-7-5-4-6-8-17/h9-11,16-17H,4-8,12-13H2,1-3H3,(H,24,27). The van der Waals surface area contributed by atoms with Crippen LogP contribution in [0.25, 0.3) is 0 Å². The van der Waals surface area contributed by atoms with Crippen LogP contribution in [0.1, 0.15) is 61.9 Å². The molecule has 0 saturated heterocycles. The molecule has 1 aromatic heterocycles. The van der Waals surface area contributed by atoms with Gasteiger partial charge in [-0.25, -0.2) is 4.98 Å². The number of carbonyl (C=O) groups excluding carboxylic acids is 1. The lowest BCUT2D eigenvalue weighted by Crippen LogP contribution is -2.30. The normalized spacial score (nSPS) is 19.0. The molecule has 5 nitrogen and oxygen atoms in total. The fourth-order valence-corrected chi connectivity index (χ4v) is 6.25. The third kappa shape index (κ3) is 4.62. The fraction of sp³-hybridized carbons (Fsp3) is 0.522. The van der Waals surface area contributed by atoms with Gasteiger partial charge in [-0.15, -0.1) is 11.8 Å². The van der Waals surface area contributed by atoms with Gasteiger partial charge in [0, 0.05) is 23.4 Å². The Hall–Kier alpha value is -1.73. The van der Waals surface area contributed by atoms with Crippen LogP contribution in [0.3, 0.4) is 0 Å². The highest BCUT2D eigenvalue weighted by Gasteiger charge is 2.29. The summed E-state index contributed by atoms with van der Waals surface area (Å²) < 4.78 is 1.90. The van der Waals surface area contributed by atoms with Gasteiger partial charge < -0.3 is 5.32 Å². The van der Waals surface area contributed by atoms with E-state index in [0.29, 0.717) is 10.4 Å². The van der Waals surface area contributed by atoms with Crippen molar-refractivity contribution in [1.82, 2.24) is 9.55 Å². The summed E-state index contributed by atoms with van der Waals surface area (Å²) in [6, 6.07) is 6.24. The van der Waals surface area contributed by atoms with E-state index in [2.05, 4.69) is 12.2 Å². The zero-order valence-corrected chi connectivity index (χ0v) is 19.5. The van der Waals surface area contributed by atoms with E-state index < -0.39 is 0 Å². The molecule has 1 amide bonds. The summed E-state index contributed by atoms with van der Waals surface area (Å²) >= 11 is 3.04. The maximum atomic E-state index is 13.3. The molecule has 1 aliphatic carbocycles. The maximum Gasteiger partial charge on any atom is 0.268 e. The molecule has 2 aliphatic rings. The Morgan fingerprint density at radius 3 is 2.80 bits per heavy atom. The second kappa shape index (κ2) is 9.18. The SMILES string of the molecule is Cc1ccc(C)c(NC(=O)CSc2nc3c(c(=O)n2C2CCCCC2)SC(C)C3)c1. The summed E-state index contributed by atoms with van der Waals surface area (Å²) in [7, 11) is 0. The van der Waals surface area contributed by atoms with Gasteiger partial charge in [0.1, 0.15) is 0 Å². The minimum absolute atomic E-state index is 0.0682. The number of anilines is 1. The number of rotatable bonds is 5. The number of fused-ring (bicyclic) bond motifs is 1. The predicted molar refractivity (Wildman–Crippen MR) is 125 cm³/mol. The van der Waals surface area contributed by atoms with E-state index >= 15 is 0 Å². The lowest BCUT2D eigenvalue weighted by Gasteiger charge is -2.26. The topological polar surface area (TPSA) is 64.0 Å². The van der Waals surface area contributed by atoms with Crippen molar-refractivity contribution < 1.29 is 4.79 Å². The summed E-state index contributed by atoms with van der Waals surface area (Å²) in [5, 5.41) is 4.10. The number of nitrogens with zero attached hydrogens (tertiary/aromatic N) is 2. The van der Waals surface area contributed by atoms with Crippen LogP contribution in [0.15, 0.2) is 33.0 Å². The predicted octanol–water partition coefficient (Wildman–Crippen LogP) is 5.13. The number of hydrogen-bond acceptors (Lipinski definition) is 5. The number of amides is 1. The molecule has 4 rings (SSSR count). The van der Waals surface area contributed by atoms with Crippen LogP contribution >= 0.6 is 23.5 Å². The van der Waals surface area contributed by atoms with Crippen molar-refractivity contribution >= 4 is 35.1 Å². The van der Waals surface area contributed by atoms with Crippen molar-refractivity contribution in [1.29, 1.82) is 0 Å². The number of aromatic nitrogens is 2. The average Bonchev–Trinajstić information content (AvgIpc) is 3.10. The van der Waals surface area contributed by atoms with Gasteiger partial charge in [-0.05, 0) is 43.9 Å². The molecule has 160 valence electrons. The molecule has 0 radical (unpaired) electrons. The minimum Gasteiger partial charge on any atom is -0.325 e. The van der Waals surface area contributed by atoms with Crippen molar-refractivity contribution in [2.45, 2.75) is 80.6 Å². The van der Waals surface area contributed by atoms with E-state index in [0.717, 1.165) is 59.5 Å². The van der Waals surface area contributed by atoms with E-state index in [9.17, 15) is 9.59 Å². The van der Waals surface area contributed by atoms with Crippen LogP contribution in [0, 0.1) is 13.8 Å². The maximum absolute atomic E-state index is 13.3. The van der Waals surface area contributed by atoms with E-state index in [1.807, 2.05) is 36.6 Å². The molecule has 2 aromatic rings. The molecule has 1 atom stereocenters. The molecule has 0 bridgehead atoms. The molecule has 1 N–H and O–H groups in total. The van der Waals surface area contributed by atoms with Crippen LogP contribution < -0.4 is 10.9 Å². The fourth-order valence-electron chi connectivity index (χ4n) is 4.26. The Labute approximate surface area is 186 Å². The van der Waals surface area contributed by atoms with Crippen molar-refractivity contribution in [3.05, 3.63) is 45.4 Å². The third-order valence-electron chi connectivity index (χ3n) is 5.85. The molecule has 30 heavy (non-hydrogen) atoms. The Bertz CT molecular complexity index is 1010. The molecule has 1 aliphatic heterocycles. The van der Waals surface area contributed by atoms with Crippen LogP contribution in [0.5, 0.6) is 0 Å². The molecule has 1 unspecified atom stereocenters. The van der Waals surface area contributed by atoms with Gasteiger partial charge in [-0.2, -0.15) is 0 Å². The largest absolute Gasteiger partial charge is 0.325 e. The number of nitrogens with one attached hydrogen (secondary N) is 1. The van der Waals surface area contributed by atoms with Crippen LogP contribution in [-0.4, -0.2) is 26.5 Å². The first-order chi connectivity index (χ1) is 14.4. The van der Waals surface area contributed by atoms with Gasteiger partial charge in [0.2, 0.25) is 5.91 Å². The van der Waals surface area contributed by atoms with Crippen molar-refractivity contribution in [2.75, 3.05) is 11.1 Å². The molecule has 1 aromatic carbocycles. The van der Waals surface area contributed by atoms with Gasteiger partial charge in [-0.1, -0.05) is 50.1 Å². The number of thioether (sulfide) groups is 2. The summed E-state index contributed by atoms with van der Waals surface area (Å²) in [6.07, 6.45) is 6.38. The summed E-state index contributed by atoms with van der Waals surface area (Å²) in [4.78, 5) is 31.7. The average molecular weight is 444 g/mol. The van der Waals surface area contributed by atoms with Gasteiger partial charge >= 0.3 is 0 Å². The summed E-state index contributed by atoms with van der Waals surface area (Å²) in [5.41, 5.74) is 4.00. The van der Waals surface area contributed by atoms with E-state index in [4.69, 9.17) is 4.98 Å². The van der Waals surface area contributed by atoms with E-state index in [1.165, 1.54) is 18.2 Å². The first-order valence-corrected chi connectivity index (χ1v) is 12.6. The quantitative estimate of drug-likeness (QED) is 0.512. The molecule has 1 fully saturated rings. The zero-order chi connectivity index (χ0) is 21.3. The molecular formula is C23H29N3O2S2. The monoisotopic (exact) mass is 443 g/mol. The molecule has 1 saturated carbocycles. The van der Waals surface area contributed by atoms with Crippen LogP contribution in [-0.2, 0) is 11.2 Å². The second-order valence-corrected chi connectivity index (χ2v) is 10.8. The summed E-state index contributed by atoms with van der Waals surface area (Å²) in [5.74, 6) is 0.176. The van der Waals surface area contributed by atoms with E-state index in [1.54, 1.807) is 11.8 Å². The van der Waals surface area contributed by atoms with Crippen LogP contribution in [0.2, 0.25) is 0 Å². The van der Waals surface area contributed by atoms with Gasteiger partial charge in [-0.3, -0.25) is 14.2 Å². The second-order valence-electron chi connectivity index (χ2n) is 8.43. The third-order valence-corrected chi connectivity index (χ3v) is 8.02. The highest BCUT2D eigenvalue weighted by atomic mass is 32.2. The van der Waals surface area contributed by atoms with Gasteiger partial charge in [0.05, 0.1) is 16.3 Å². The highest BCUT2D eigenvalue weighted by molar-refractivity contribution is 8.00. The smallest absolute Gasteiger partial charge is 0.268 e. The molecule has 0 spiro atoms. The van der Waals surface area contributed by atoms with E-state index in [-0.39, 0.29) is 23.3 Å². The molecular weight excluding hydrogens is 414 g/mol. The molecule has 2 heterocycles. The van der Waals surface area contributed by atoms with Gasteiger partial charge in [0.25, 0.3) is 5.56 Å². The Kier molecular flexibility index (Phi) is 6.58. The Morgan fingerprint density at radius 1 is 1.27 bits per heavy atom. The highest BCUT2D eigenvalue weighted by Crippen LogP contribution is 2.37. The Balaban J connectivity index is 1.56. The van der Waals surface area contributed by atoms with Crippen molar-refractivity contribution in [3.8, 4) is 0 Å². The first kappa shape index (κ1) is 21.5. The van der Waals surface area contributed by atoms with Crippen molar-refractivity contribution in [3.63, 3.8) is 0 Å².